The first kappa shape index (κ1) is 91.0. The lowest BCUT2D eigenvalue weighted by atomic mass is 10.0. The molecule has 0 amide bonds. The van der Waals surface area contributed by atoms with Crippen LogP contribution in [0.5, 0.6) is 0 Å². The molecule has 0 aromatic rings. The van der Waals surface area contributed by atoms with Crippen molar-refractivity contribution in [3.05, 3.63) is 109 Å². The van der Waals surface area contributed by atoms with Crippen LogP contribution in [0.4, 0.5) is 0 Å². The molecular weight excluding hydrogens is 1170 g/mol. The summed E-state index contributed by atoms with van der Waals surface area (Å²) >= 11 is 0. The monoisotopic (exact) mass is 1330 g/mol. The van der Waals surface area contributed by atoms with Crippen molar-refractivity contribution in [2.45, 2.75) is 373 Å². The number of likely N-dealkylation sites (N-methyl/N-ethyl adjacent to an activating group) is 1. The third-order valence-corrected chi connectivity index (χ3v) is 17.5. The van der Waals surface area contributed by atoms with Crippen molar-refractivity contribution in [3.8, 4) is 0 Å². The van der Waals surface area contributed by atoms with E-state index in [1.54, 1.807) is 0 Å². The first-order valence-corrected chi connectivity index (χ1v) is 40.1. The molecule has 0 aliphatic heterocycles. The van der Waals surface area contributed by atoms with Crippen molar-refractivity contribution in [2.75, 3.05) is 47.5 Å². The van der Waals surface area contributed by atoms with Gasteiger partial charge in [0.25, 0.3) is 6.29 Å². The van der Waals surface area contributed by atoms with Gasteiger partial charge in [-0.05, 0) is 103 Å². The third kappa shape index (κ3) is 77.2. The Morgan fingerprint density at radius 3 is 0.905 bits per heavy atom. The number of rotatable bonds is 74. The van der Waals surface area contributed by atoms with Crippen molar-refractivity contribution < 1.29 is 42.9 Å². The van der Waals surface area contributed by atoms with Gasteiger partial charge in [0, 0.05) is 12.8 Å². The Labute approximate surface area is 587 Å². The predicted octanol–water partition coefficient (Wildman–Crippen LogP) is 25.7. The summed E-state index contributed by atoms with van der Waals surface area (Å²) in [4.78, 5) is 37.7. The zero-order valence-electron chi connectivity index (χ0n) is 62.8. The minimum absolute atomic E-state index is 0.183. The van der Waals surface area contributed by atoms with Crippen molar-refractivity contribution in [2.24, 2.45) is 0 Å². The number of unbranched alkanes of at least 4 members (excludes halogenated alkanes) is 41. The van der Waals surface area contributed by atoms with Crippen LogP contribution < -0.4 is 0 Å². The normalized spacial score (nSPS) is 13.2. The lowest BCUT2D eigenvalue weighted by Crippen LogP contribution is -2.40. The van der Waals surface area contributed by atoms with Gasteiger partial charge < -0.3 is 28.5 Å². The molecule has 0 radical (unpaired) electrons. The van der Waals surface area contributed by atoms with Gasteiger partial charge in [-0.2, -0.15) is 0 Å². The largest absolute Gasteiger partial charge is 0.477 e. The van der Waals surface area contributed by atoms with Gasteiger partial charge in [0.2, 0.25) is 0 Å². The van der Waals surface area contributed by atoms with Crippen molar-refractivity contribution in [1.29, 1.82) is 0 Å². The van der Waals surface area contributed by atoms with Gasteiger partial charge in [0.05, 0.1) is 34.4 Å². The summed E-state index contributed by atoms with van der Waals surface area (Å²) in [6.45, 7) is 4.80. The highest BCUT2D eigenvalue weighted by Crippen LogP contribution is 2.19. The summed E-state index contributed by atoms with van der Waals surface area (Å²) in [5.74, 6) is -1.99. The van der Waals surface area contributed by atoms with Gasteiger partial charge in [-0.25, -0.2) is 4.79 Å². The second-order valence-corrected chi connectivity index (χ2v) is 28.0. The van der Waals surface area contributed by atoms with Crippen LogP contribution in [-0.2, 0) is 33.3 Å². The summed E-state index contributed by atoms with van der Waals surface area (Å²) in [7, 11) is 5.99. The average Bonchev–Trinajstić information content (AvgIpc) is 3.75. The molecular formula is C86H152NO8+. The molecule has 2 unspecified atom stereocenters. The number of carbonyl (C=O) groups is 3. The standard InChI is InChI=1S/C86H151NO8/c1-6-8-10-12-14-16-18-20-22-24-26-28-30-32-34-36-38-40-41-42-43-45-47-49-51-53-55-57-59-61-63-65-67-69-71-73-75-77-84(89)95-82(81-94-86(85(90)91)92-79-78-87(3,4)5)80-93-83(88)76-74-72-70-68-66-64-62-60-58-56-54-52-50-48-46-44-39-37-35-33-31-29-27-25-23-21-19-17-15-13-11-9-7-2/h8,10,14,16,20,22,25-28,32,34,38,40,42-43,47,49,82,86H,6-7,9,11-13,15,17-19,21,23-24,29-31,33,35-37,39,41,44-46,48,50-81H2,1-5H3/p+1/b10-8-,16-14-,22-20-,27-25-,28-26-,34-32-,40-38-,43-42-,49-47-. The van der Waals surface area contributed by atoms with E-state index in [2.05, 4.69) is 123 Å². The Bertz CT molecular complexity index is 1930. The molecule has 2 atom stereocenters. The summed E-state index contributed by atoms with van der Waals surface area (Å²) in [6.07, 6.45) is 104. The molecule has 0 aromatic carbocycles. The fraction of sp³-hybridized carbons (Fsp3) is 0.756. The Kier molecular flexibility index (Phi) is 72.5. The van der Waals surface area contributed by atoms with Gasteiger partial charge in [0.15, 0.2) is 6.10 Å². The molecule has 0 spiro atoms. The highest BCUT2D eigenvalue weighted by molar-refractivity contribution is 5.71. The van der Waals surface area contributed by atoms with Crippen molar-refractivity contribution in [1.82, 2.24) is 0 Å². The molecule has 1 N–H and O–H groups in total. The van der Waals surface area contributed by atoms with Crippen LogP contribution in [0.15, 0.2) is 109 Å². The molecule has 548 valence electrons. The zero-order chi connectivity index (χ0) is 69.0. The molecule has 9 heteroatoms. The maximum absolute atomic E-state index is 13.0. The van der Waals surface area contributed by atoms with Crippen LogP contribution in [0.2, 0.25) is 0 Å². The maximum atomic E-state index is 13.0. The van der Waals surface area contributed by atoms with Gasteiger partial charge in [-0.3, -0.25) is 9.59 Å². The van der Waals surface area contributed by atoms with Crippen molar-refractivity contribution in [3.63, 3.8) is 0 Å². The summed E-state index contributed by atoms with van der Waals surface area (Å²) in [6, 6.07) is 0. The van der Waals surface area contributed by atoms with Crippen LogP contribution >= 0.6 is 0 Å². The number of hydrogen-bond acceptors (Lipinski definition) is 7. The van der Waals surface area contributed by atoms with E-state index in [0.717, 1.165) is 89.9 Å². The average molecular weight is 1330 g/mol. The Morgan fingerprint density at radius 2 is 0.600 bits per heavy atom. The molecule has 0 rings (SSSR count). The van der Waals surface area contributed by atoms with E-state index in [0.29, 0.717) is 23.9 Å². The van der Waals surface area contributed by atoms with E-state index in [9.17, 15) is 19.5 Å². The van der Waals surface area contributed by atoms with E-state index in [1.807, 2.05) is 21.1 Å². The number of esters is 2. The van der Waals surface area contributed by atoms with Gasteiger partial charge >= 0.3 is 17.9 Å². The Balaban J connectivity index is 4.05. The number of carbonyl (C=O) groups excluding carboxylic acids is 2. The first-order chi connectivity index (χ1) is 46.6. The minimum atomic E-state index is -1.52. The maximum Gasteiger partial charge on any atom is 0.361 e. The van der Waals surface area contributed by atoms with E-state index < -0.39 is 24.3 Å². The molecule has 0 bridgehead atoms. The first-order valence-electron chi connectivity index (χ1n) is 40.1. The predicted molar refractivity (Wildman–Crippen MR) is 410 cm³/mol. The van der Waals surface area contributed by atoms with Crippen molar-refractivity contribution >= 4 is 17.9 Å². The van der Waals surface area contributed by atoms with Crippen LogP contribution in [0.1, 0.15) is 361 Å². The lowest BCUT2D eigenvalue weighted by Gasteiger charge is -2.25. The van der Waals surface area contributed by atoms with E-state index >= 15 is 0 Å². The minimum Gasteiger partial charge on any atom is -0.477 e. The summed E-state index contributed by atoms with van der Waals surface area (Å²) in [5.41, 5.74) is 0. The number of carboxylic acids is 1. The van der Waals surface area contributed by atoms with E-state index in [4.69, 9.17) is 18.9 Å². The quantitative estimate of drug-likeness (QED) is 0.0211. The summed E-state index contributed by atoms with van der Waals surface area (Å²) < 4.78 is 23.1. The van der Waals surface area contributed by atoms with E-state index in [1.165, 1.54) is 238 Å². The number of hydrogen-bond donors (Lipinski definition) is 1. The molecule has 95 heavy (non-hydrogen) atoms. The Morgan fingerprint density at radius 1 is 0.326 bits per heavy atom. The number of carboxylic acid groups (broad SMARTS) is 1. The number of allylic oxidation sites excluding steroid dienone is 18. The fourth-order valence-electron chi connectivity index (χ4n) is 11.4. The van der Waals surface area contributed by atoms with Crippen LogP contribution in [0, 0.1) is 0 Å². The second kappa shape index (κ2) is 75.7. The second-order valence-electron chi connectivity index (χ2n) is 28.0. The van der Waals surface area contributed by atoms with Gasteiger partial charge in [-0.1, -0.05) is 354 Å². The van der Waals surface area contributed by atoms with Crippen LogP contribution in [-0.4, -0.2) is 87.4 Å². The Hall–Kier alpha value is -4.05. The smallest absolute Gasteiger partial charge is 0.361 e. The molecule has 0 aromatic heterocycles. The number of ether oxygens (including phenoxy) is 4. The molecule has 0 aliphatic carbocycles. The highest BCUT2D eigenvalue weighted by Gasteiger charge is 2.25. The fourth-order valence-corrected chi connectivity index (χ4v) is 11.4. The zero-order valence-corrected chi connectivity index (χ0v) is 62.8. The van der Waals surface area contributed by atoms with Crippen LogP contribution in [0.3, 0.4) is 0 Å². The number of aliphatic carboxylic acids is 1. The number of nitrogens with zero attached hydrogens (tertiary/aromatic N) is 1. The highest BCUT2D eigenvalue weighted by atomic mass is 16.7. The van der Waals surface area contributed by atoms with Crippen LogP contribution in [0.25, 0.3) is 0 Å². The molecule has 0 heterocycles. The molecule has 0 fully saturated rings. The van der Waals surface area contributed by atoms with Gasteiger partial charge in [-0.15, -0.1) is 0 Å². The lowest BCUT2D eigenvalue weighted by molar-refractivity contribution is -0.870. The SMILES string of the molecule is CC/C=C\C/C=C\C/C=C\C/C=C\C/C=C\C/C=C\C/C=C\C/C=C\CCCCCCCCCCCCCCC(=O)OC(COC(=O)CCCCCCCCCCCCCCCCCCCCCCC/C=C\CCCCCCCCCC)COC(OCC[N+](C)(C)C)C(=O)O. The summed E-state index contributed by atoms with van der Waals surface area (Å²) in [5, 5.41) is 9.77. The number of quaternary nitrogens is 1. The third-order valence-electron chi connectivity index (χ3n) is 17.5. The topological polar surface area (TPSA) is 108 Å². The molecule has 0 aliphatic rings. The molecule has 0 saturated carbocycles. The molecule has 9 nitrogen and oxygen atoms in total. The van der Waals surface area contributed by atoms with Gasteiger partial charge in [0.1, 0.15) is 13.2 Å². The van der Waals surface area contributed by atoms with E-state index in [-0.39, 0.29) is 32.2 Å². The molecule has 0 saturated heterocycles.